The molecule has 1 unspecified atom stereocenters. The van der Waals surface area contributed by atoms with E-state index in [1.165, 1.54) is 52.6 Å². The molecule has 0 saturated carbocycles. The van der Waals surface area contributed by atoms with Gasteiger partial charge in [-0.2, -0.15) is 0 Å². The zero-order valence-corrected chi connectivity index (χ0v) is 19.4. The van der Waals surface area contributed by atoms with Crippen molar-refractivity contribution >= 4 is 45.9 Å². The van der Waals surface area contributed by atoms with E-state index in [2.05, 4.69) is 103 Å². The van der Waals surface area contributed by atoms with Crippen LogP contribution in [0.2, 0.25) is 5.02 Å². The molecule has 0 saturated heterocycles. The summed E-state index contributed by atoms with van der Waals surface area (Å²) in [5, 5.41) is 3.36. The molecule has 32 heavy (non-hydrogen) atoms. The summed E-state index contributed by atoms with van der Waals surface area (Å²) in [5.74, 6) is 0. The molecule has 3 heteroatoms. The minimum Gasteiger partial charge on any atom is -0.0893 e. The lowest BCUT2D eigenvalue weighted by molar-refractivity contribution is 0.666. The summed E-state index contributed by atoms with van der Waals surface area (Å²) in [4.78, 5) is 5.13. The van der Waals surface area contributed by atoms with Crippen molar-refractivity contribution in [3.8, 4) is 0 Å². The average Bonchev–Trinajstić information content (AvgIpc) is 2.84. The van der Waals surface area contributed by atoms with Gasteiger partial charge < -0.3 is 0 Å². The van der Waals surface area contributed by atoms with Crippen LogP contribution >= 0.6 is 35.1 Å². The quantitative estimate of drug-likeness (QED) is 0.238. The van der Waals surface area contributed by atoms with Crippen LogP contribution in [0.3, 0.4) is 0 Å². The van der Waals surface area contributed by atoms with Gasteiger partial charge in [0.05, 0.1) is 5.41 Å². The second-order valence-corrected chi connectivity index (χ2v) is 10.8. The Morgan fingerprint density at radius 1 is 0.594 bits per heavy atom. The Morgan fingerprint density at radius 3 is 2.19 bits per heavy atom. The zero-order valence-electron chi connectivity index (χ0n) is 17.0. The molecule has 2 aliphatic rings. The third-order valence-electron chi connectivity index (χ3n) is 6.62. The first-order chi connectivity index (χ1) is 15.8. The molecule has 2 aliphatic heterocycles. The molecule has 0 fully saturated rings. The maximum absolute atomic E-state index is 6.67. The molecule has 5 aromatic rings. The Morgan fingerprint density at radius 2 is 1.31 bits per heavy atom. The van der Waals surface area contributed by atoms with Crippen LogP contribution in [0.5, 0.6) is 0 Å². The molecule has 0 nitrogen and oxygen atoms in total. The fourth-order valence-electron chi connectivity index (χ4n) is 5.39. The molecule has 2 heterocycles. The molecule has 0 radical (unpaired) electrons. The minimum atomic E-state index is -0.372. The van der Waals surface area contributed by atoms with Crippen molar-refractivity contribution in [3.05, 3.63) is 130 Å². The number of rotatable bonds is 1. The van der Waals surface area contributed by atoms with Gasteiger partial charge in [-0.3, -0.25) is 0 Å². The smallest absolute Gasteiger partial charge is 0.0745 e. The molecule has 0 amide bonds. The van der Waals surface area contributed by atoms with Crippen LogP contribution in [0.25, 0.3) is 10.8 Å². The van der Waals surface area contributed by atoms with E-state index >= 15 is 0 Å². The predicted molar refractivity (Wildman–Crippen MR) is 136 cm³/mol. The van der Waals surface area contributed by atoms with Crippen LogP contribution in [-0.2, 0) is 5.41 Å². The van der Waals surface area contributed by atoms with Gasteiger partial charge in [0.1, 0.15) is 0 Å². The zero-order chi connectivity index (χ0) is 21.3. The number of hydrogen-bond acceptors (Lipinski definition) is 2. The van der Waals surface area contributed by atoms with Crippen LogP contribution in [0, 0.1) is 0 Å². The molecule has 0 aliphatic carbocycles. The molecule has 0 spiro atoms. The lowest BCUT2D eigenvalue weighted by Gasteiger charge is -2.46. The van der Waals surface area contributed by atoms with Gasteiger partial charge in [0.25, 0.3) is 0 Å². The third kappa shape index (κ3) is 2.43. The topological polar surface area (TPSA) is 0 Å². The normalized spacial score (nSPS) is 18.0. The number of halogens is 1. The van der Waals surface area contributed by atoms with Gasteiger partial charge in [-0.15, -0.1) is 0 Å². The summed E-state index contributed by atoms with van der Waals surface area (Å²) in [7, 11) is 0. The second kappa shape index (κ2) is 6.92. The Hall–Kier alpha value is -2.65. The van der Waals surface area contributed by atoms with E-state index in [0.717, 1.165) is 5.02 Å². The van der Waals surface area contributed by atoms with Crippen LogP contribution in [0.4, 0.5) is 0 Å². The maximum atomic E-state index is 6.67. The van der Waals surface area contributed by atoms with Gasteiger partial charge in [-0.05, 0) is 51.2 Å². The molecular formula is C29H17ClS2. The van der Waals surface area contributed by atoms with Crippen LogP contribution in [0.15, 0.2) is 123 Å². The van der Waals surface area contributed by atoms with Gasteiger partial charge in [0, 0.05) is 24.6 Å². The van der Waals surface area contributed by atoms with Crippen molar-refractivity contribution in [2.75, 3.05) is 0 Å². The maximum Gasteiger partial charge on any atom is 0.0745 e. The first-order valence-corrected chi connectivity index (χ1v) is 12.6. The highest BCUT2D eigenvalue weighted by atomic mass is 35.5. The Kier molecular flexibility index (Phi) is 4.08. The Bertz CT molecular complexity index is 1540. The SMILES string of the molecule is Clc1cc2c3c(c1)Sc1c(ccc4ccccc14)C3(c1ccccc1)c1ccccc1S2. The van der Waals surface area contributed by atoms with Gasteiger partial charge in [0.15, 0.2) is 0 Å². The van der Waals surface area contributed by atoms with Crippen molar-refractivity contribution in [1.82, 2.24) is 0 Å². The molecule has 0 N–H and O–H groups in total. The van der Waals surface area contributed by atoms with Gasteiger partial charge in [-0.1, -0.05) is 120 Å². The third-order valence-corrected chi connectivity index (χ3v) is 9.14. The lowest BCUT2D eigenvalue weighted by Crippen LogP contribution is -2.36. The van der Waals surface area contributed by atoms with E-state index in [9.17, 15) is 0 Å². The second-order valence-electron chi connectivity index (χ2n) is 8.26. The van der Waals surface area contributed by atoms with Crippen molar-refractivity contribution in [2.45, 2.75) is 25.0 Å². The van der Waals surface area contributed by atoms with Crippen molar-refractivity contribution in [2.24, 2.45) is 0 Å². The molecule has 1 atom stereocenters. The predicted octanol–water partition coefficient (Wildman–Crippen LogP) is 8.81. The monoisotopic (exact) mass is 464 g/mol. The number of hydrogen-bond donors (Lipinski definition) is 0. The first kappa shape index (κ1) is 18.9. The van der Waals surface area contributed by atoms with E-state index in [1.807, 2.05) is 23.5 Å². The Balaban J connectivity index is 1.73. The molecule has 5 aromatic carbocycles. The van der Waals surface area contributed by atoms with Crippen LogP contribution in [0.1, 0.15) is 22.3 Å². The van der Waals surface area contributed by atoms with E-state index < -0.39 is 0 Å². The largest absolute Gasteiger partial charge is 0.0893 e. The molecular weight excluding hydrogens is 448 g/mol. The summed E-state index contributed by atoms with van der Waals surface area (Å²) in [6.07, 6.45) is 0. The highest BCUT2D eigenvalue weighted by molar-refractivity contribution is 8.00. The van der Waals surface area contributed by atoms with E-state index in [0.29, 0.717) is 0 Å². The summed E-state index contributed by atoms with van der Waals surface area (Å²) in [6.45, 7) is 0. The van der Waals surface area contributed by atoms with Crippen molar-refractivity contribution in [3.63, 3.8) is 0 Å². The molecule has 152 valence electrons. The highest BCUT2D eigenvalue weighted by Gasteiger charge is 2.49. The summed E-state index contributed by atoms with van der Waals surface area (Å²) >= 11 is 10.4. The van der Waals surface area contributed by atoms with Crippen LogP contribution in [-0.4, -0.2) is 0 Å². The summed E-state index contributed by atoms with van der Waals surface area (Å²) < 4.78 is 0. The first-order valence-electron chi connectivity index (χ1n) is 10.6. The summed E-state index contributed by atoms with van der Waals surface area (Å²) in [5.41, 5.74) is 5.00. The molecule has 0 bridgehead atoms. The van der Waals surface area contributed by atoms with E-state index in [1.54, 1.807) is 0 Å². The molecule has 7 rings (SSSR count). The fraction of sp³-hybridized carbons (Fsp3) is 0.0345. The summed E-state index contributed by atoms with van der Waals surface area (Å²) in [6, 6.07) is 37.5. The number of benzene rings is 5. The Labute approximate surface area is 200 Å². The van der Waals surface area contributed by atoms with E-state index in [4.69, 9.17) is 11.6 Å². The minimum absolute atomic E-state index is 0.372. The van der Waals surface area contributed by atoms with Gasteiger partial charge >= 0.3 is 0 Å². The van der Waals surface area contributed by atoms with E-state index in [-0.39, 0.29) is 5.41 Å². The van der Waals surface area contributed by atoms with Crippen molar-refractivity contribution in [1.29, 1.82) is 0 Å². The fourth-order valence-corrected chi connectivity index (χ4v) is 8.46. The van der Waals surface area contributed by atoms with Gasteiger partial charge in [-0.25, -0.2) is 0 Å². The average molecular weight is 465 g/mol. The van der Waals surface area contributed by atoms with Gasteiger partial charge in [0.2, 0.25) is 0 Å². The van der Waals surface area contributed by atoms with Crippen LogP contribution < -0.4 is 0 Å². The highest BCUT2D eigenvalue weighted by Crippen LogP contribution is 2.63. The standard InChI is InChI=1S/C29H17ClS2/c30-20-16-25-27-26(17-20)32-28-21-11-5-4-8-18(21)14-15-23(28)29(27,19-9-2-1-3-10-19)22-12-6-7-13-24(22)31-25/h1-17H. The number of fused-ring (bicyclic) bond motifs is 6. The molecule has 0 aromatic heterocycles. The lowest BCUT2D eigenvalue weighted by atomic mass is 9.64. The van der Waals surface area contributed by atoms with Crippen molar-refractivity contribution < 1.29 is 0 Å².